The first-order chi connectivity index (χ1) is 8.02. The second kappa shape index (κ2) is 9.28. The maximum absolute atomic E-state index is 10.9. The molecule has 0 aliphatic heterocycles. The zero-order valence-corrected chi connectivity index (χ0v) is 11.4. The average Bonchev–Trinajstić information content (AvgIpc) is 2.27. The molecule has 3 nitrogen and oxygen atoms in total. The lowest BCUT2D eigenvalue weighted by atomic mass is 10.1. The third-order valence-corrected chi connectivity index (χ3v) is 2.18. The summed E-state index contributed by atoms with van der Waals surface area (Å²) < 4.78 is 0. The first-order valence-corrected chi connectivity index (χ1v) is 6.15. The van der Waals surface area contributed by atoms with Crippen LogP contribution in [-0.2, 0) is 11.2 Å². The van der Waals surface area contributed by atoms with Crippen LogP contribution in [0, 0.1) is 0 Å². The molecule has 1 aromatic carbocycles. The Morgan fingerprint density at radius 1 is 1.29 bits per heavy atom. The molecule has 0 amide bonds. The second-order valence-electron chi connectivity index (χ2n) is 3.61. The standard InChI is InChI=1S/C11H15NO2.CH2Cl2/c1-12(2)10(11(13)14)8-9-6-4-3-5-7-9;2-1-3/h3-7,10H,8H2,1-2H3,(H,13,14);1H2. The van der Waals surface area contributed by atoms with Crippen LogP contribution in [0.25, 0.3) is 0 Å². The quantitative estimate of drug-likeness (QED) is 0.861. The Balaban J connectivity index is 0.000000770. The van der Waals surface area contributed by atoms with E-state index in [-0.39, 0.29) is 5.34 Å². The Hall–Kier alpha value is -0.770. The molecule has 1 aromatic rings. The van der Waals surface area contributed by atoms with Gasteiger partial charge in [-0.25, -0.2) is 0 Å². The minimum absolute atomic E-state index is 0.194. The van der Waals surface area contributed by atoms with Crippen molar-refractivity contribution in [2.45, 2.75) is 12.5 Å². The lowest BCUT2D eigenvalue weighted by Gasteiger charge is -2.19. The van der Waals surface area contributed by atoms with E-state index in [0.717, 1.165) is 5.56 Å². The van der Waals surface area contributed by atoms with E-state index in [2.05, 4.69) is 0 Å². The van der Waals surface area contributed by atoms with Gasteiger partial charge in [0.15, 0.2) is 0 Å². The van der Waals surface area contributed by atoms with Gasteiger partial charge in [0.1, 0.15) is 6.04 Å². The van der Waals surface area contributed by atoms with Gasteiger partial charge in [0.05, 0.1) is 5.34 Å². The molecule has 0 radical (unpaired) electrons. The van der Waals surface area contributed by atoms with E-state index in [9.17, 15) is 4.79 Å². The van der Waals surface area contributed by atoms with Gasteiger partial charge in [-0.3, -0.25) is 9.69 Å². The Labute approximate surface area is 112 Å². The summed E-state index contributed by atoms with van der Waals surface area (Å²) in [5.41, 5.74) is 1.05. The van der Waals surface area contributed by atoms with E-state index in [1.54, 1.807) is 19.0 Å². The summed E-state index contributed by atoms with van der Waals surface area (Å²) in [4.78, 5) is 12.6. The lowest BCUT2D eigenvalue weighted by molar-refractivity contribution is -0.142. The molecule has 1 atom stereocenters. The molecule has 0 aromatic heterocycles. The van der Waals surface area contributed by atoms with Crippen molar-refractivity contribution in [1.29, 1.82) is 0 Å². The number of carboxylic acids is 1. The number of likely N-dealkylation sites (N-methyl/N-ethyl adjacent to an activating group) is 1. The molecule has 17 heavy (non-hydrogen) atoms. The summed E-state index contributed by atoms with van der Waals surface area (Å²) in [5.74, 6) is -0.779. The van der Waals surface area contributed by atoms with Crippen LogP contribution in [0.5, 0.6) is 0 Å². The SMILES string of the molecule is CN(C)C(Cc1ccccc1)C(=O)O.ClCCl. The molecule has 0 fully saturated rings. The van der Waals surface area contributed by atoms with E-state index in [1.165, 1.54) is 0 Å². The van der Waals surface area contributed by atoms with Crippen molar-refractivity contribution in [3.8, 4) is 0 Å². The Morgan fingerprint density at radius 3 is 2.12 bits per heavy atom. The van der Waals surface area contributed by atoms with Gasteiger partial charge >= 0.3 is 5.97 Å². The molecular weight excluding hydrogens is 261 g/mol. The van der Waals surface area contributed by atoms with Gasteiger partial charge < -0.3 is 5.11 Å². The fourth-order valence-corrected chi connectivity index (χ4v) is 1.33. The van der Waals surface area contributed by atoms with E-state index in [4.69, 9.17) is 28.3 Å². The van der Waals surface area contributed by atoms with E-state index < -0.39 is 12.0 Å². The molecule has 1 unspecified atom stereocenters. The molecule has 0 bridgehead atoms. The van der Waals surface area contributed by atoms with Crippen LogP contribution in [0.15, 0.2) is 30.3 Å². The van der Waals surface area contributed by atoms with Crippen LogP contribution in [0.4, 0.5) is 0 Å². The summed E-state index contributed by atoms with van der Waals surface area (Å²) in [6, 6.07) is 9.21. The van der Waals surface area contributed by atoms with Crippen molar-refractivity contribution >= 4 is 29.2 Å². The van der Waals surface area contributed by atoms with Crippen LogP contribution in [0.3, 0.4) is 0 Å². The zero-order valence-electron chi connectivity index (χ0n) is 9.94. The smallest absolute Gasteiger partial charge is 0.321 e. The summed E-state index contributed by atoms with van der Waals surface area (Å²) in [6.07, 6.45) is 0.545. The minimum Gasteiger partial charge on any atom is -0.480 e. The van der Waals surface area contributed by atoms with Crippen LogP contribution in [-0.4, -0.2) is 41.5 Å². The third kappa shape index (κ3) is 7.21. The van der Waals surface area contributed by atoms with Crippen molar-refractivity contribution in [2.75, 3.05) is 19.4 Å². The molecule has 0 aliphatic carbocycles. The van der Waals surface area contributed by atoms with Gasteiger partial charge in [-0.1, -0.05) is 30.3 Å². The maximum atomic E-state index is 10.9. The minimum atomic E-state index is -0.779. The molecule has 0 aliphatic rings. The van der Waals surface area contributed by atoms with Gasteiger partial charge in [0.25, 0.3) is 0 Å². The first kappa shape index (κ1) is 16.2. The average molecular weight is 278 g/mol. The number of benzene rings is 1. The van der Waals surface area contributed by atoms with Crippen molar-refractivity contribution in [1.82, 2.24) is 4.90 Å². The van der Waals surface area contributed by atoms with Crippen LogP contribution in [0.2, 0.25) is 0 Å². The number of alkyl halides is 2. The van der Waals surface area contributed by atoms with E-state index in [1.807, 2.05) is 30.3 Å². The molecule has 5 heteroatoms. The lowest BCUT2D eigenvalue weighted by Crippen LogP contribution is -2.37. The Morgan fingerprint density at radius 2 is 1.76 bits per heavy atom. The number of hydrogen-bond acceptors (Lipinski definition) is 2. The number of rotatable bonds is 4. The topological polar surface area (TPSA) is 40.5 Å². The fourth-order valence-electron chi connectivity index (χ4n) is 1.33. The number of halogens is 2. The van der Waals surface area contributed by atoms with Gasteiger partial charge in [0, 0.05) is 0 Å². The van der Waals surface area contributed by atoms with Crippen molar-refractivity contribution in [3.05, 3.63) is 35.9 Å². The van der Waals surface area contributed by atoms with E-state index in [0.29, 0.717) is 6.42 Å². The number of carbonyl (C=O) groups is 1. The van der Waals surface area contributed by atoms with Crippen LogP contribution < -0.4 is 0 Å². The van der Waals surface area contributed by atoms with E-state index >= 15 is 0 Å². The first-order valence-electron chi connectivity index (χ1n) is 5.08. The largest absolute Gasteiger partial charge is 0.480 e. The number of hydrogen-bond donors (Lipinski definition) is 1. The molecule has 0 spiro atoms. The molecule has 0 saturated carbocycles. The summed E-state index contributed by atoms with van der Waals surface area (Å²) in [7, 11) is 3.56. The van der Waals surface area contributed by atoms with Gasteiger partial charge in [-0.15, -0.1) is 23.2 Å². The Kier molecular flexibility index (Phi) is 8.86. The molecular formula is C12H17Cl2NO2. The zero-order chi connectivity index (χ0) is 13.3. The molecule has 96 valence electrons. The molecule has 0 saturated heterocycles. The number of carboxylic acid groups (broad SMARTS) is 1. The maximum Gasteiger partial charge on any atom is 0.321 e. The Bertz CT molecular complexity index is 318. The van der Waals surface area contributed by atoms with Gasteiger partial charge in [-0.05, 0) is 26.1 Å². The number of nitrogens with zero attached hydrogens (tertiary/aromatic N) is 1. The summed E-state index contributed by atoms with van der Waals surface area (Å²) >= 11 is 9.53. The predicted octanol–water partition coefficient (Wildman–Crippen LogP) is 2.67. The number of aliphatic carboxylic acids is 1. The van der Waals surface area contributed by atoms with Crippen molar-refractivity contribution in [3.63, 3.8) is 0 Å². The summed E-state index contributed by atoms with van der Waals surface area (Å²) in [5, 5.41) is 9.16. The fraction of sp³-hybridized carbons (Fsp3) is 0.417. The highest BCUT2D eigenvalue weighted by Gasteiger charge is 2.19. The highest BCUT2D eigenvalue weighted by molar-refractivity contribution is 6.40. The van der Waals surface area contributed by atoms with Crippen LogP contribution >= 0.6 is 23.2 Å². The van der Waals surface area contributed by atoms with Gasteiger partial charge in [0.2, 0.25) is 0 Å². The molecule has 1 rings (SSSR count). The van der Waals surface area contributed by atoms with Crippen molar-refractivity contribution < 1.29 is 9.90 Å². The second-order valence-corrected chi connectivity index (χ2v) is 4.42. The monoisotopic (exact) mass is 277 g/mol. The van der Waals surface area contributed by atoms with Crippen molar-refractivity contribution in [2.24, 2.45) is 0 Å². The molecule has 1 N–H and O–H groups in total. The summed E-state index contributed by atoms with van der Waals surface area (Å²) in [6.45, 7) is 0. The highest BCUT2D eigenvalue weighted by Crippen LogP contribution is 2.06. The predicted molar refractivity (Wildman–Crippen MR) is 71.8 cm³/mol. The van der Waals surface area contributed by atoms with Gasteiger partial charge in [-0.2, -0.15) is 0 Å². The van der Waals surface area contributed by atoms with Crippen LogP contribution in [0.1, 0.15) is 5.56 Å². The third-order valence-electron chi connectivity index (χ3n) is 2.18. The normalized spacial score (nSPS) is 11.6. The molecule has 0 heterocycles. The highest BCUT2D eigenvalue weighted by atomic mass is 35.5.